The maximum absolute atomic E-state index is 13.2. The topological polar surface area (TPSA) is 78.5 Å². The minimum absolute atomic E-state index is 0.0295. The number of hydrogen-bond acceptors (Lipinski definition) is 4. The standard InChI is InChI=1S/C24H29N3O3S/c28-22(16-20-11-6-14-31-20)25-19-10-4-7-17(15-19)24(30)27-13-5-12-21(27)23(29)26-18-8-2-1-3-9-18/h4,6-7,10-11,14-15,18,21H,1-3,5,8-9,12-13,16H2,(H,25,28)(H,26,29). The number of benzene rings is 1. The Bertz CT molecular complexity index is 922. The van der Waals surface area contributed by atoms with E-state index in [9.17, 15) is 14.4 Å². The van der Waals surface area contributed by atoms with Crippen molar-refractivity contribution in [1.29, 1.82) is 0 Å². The fraction of sp³-hybridized carbons (Fsp3) is 0.458. The molecule has 2 aliphatic rings. The molecule has 2 fully saturated rings. The van der Waals surface area contributed by atoms with Gasteiger partial charge in [-0.2, -0.15) is 0 Å². The lowest BCUT2D eigenvalue weighted by atomic mass is 9.95. The van der Waals surface area contributed by atoms with E-state index in [1.807, 2.05) is 17.5 Å². The number of nitrogens with one attached hydrogen (secondary N) is 2. The Balaban J connectivity index is 1.39. The second-order valence-corrected chi connectivity index (χ2v) is 9.42. The van der Waals surface area contributed by atoms with Gasteiger partial charge in [0.15, 0.2) is 0 Å². The van der Waals surface area contributed by atoms with Crippen molar-refractivity contribution in [2.45, 2.75) is 63.5 Å². The van der Waals surface area contributed by atoms with Crippen LogP contribution in [0.4, 0.5) is 5.69 Å². The molecule has 0 bridgehead atoms. The second-order valence-electron chi connectivity index (χ2n) is 8.39. The first kappa shape index (κ1) is 21.6. The Hall–Kier alpha value is -2.67. The van der Waals surface area contributed by atoms with E-state index in [-0.39, 0.29) is 23.8 Å². The van der Waals surface area contributed by atoms with Gasteiger partial charge >= 0.3 is 0 Å². The summed E-state index contributed by atoms with van der Waals surface area (Å²) in [7, 11) is 0. The number of carbonyl (C=O) groups excluding carboxylic acids is 3. The van der Waals surface area contributed by atoms with E-state index < -0.39 is 6.04 Å². The lowest BCUT2D eigenvalue weighted by Gasteiger charge is -2.28. The quantitative estimate of drug-likeness (QED) is 0.715. The summed E-state index contributed by atoms with van der Waals surface area (Å²) < 4.78 is 0. The zero-order valence-electron chi connectivity index (χ0n) is 17.6. The molecule has 1 saturated heterocycles. The molecule has 7 heteroatoms. The molecule has 1 aromatic carbocycles. The van der Waals surface area contributed by atoms with Gasteiger partial charge in [0.2, 0.25) is 11.8 Å². The monoisotopic (exact) mass is 439 g/mol. The summed E-state index contributed by atoms with van der Waals surface area (Å²) in [4.78, 5) is 41.0. The van der Waals surface area contributed by atoms with Crippen molar-refractivity contribution >= 4 is 34.7 Å². The van der Waals surface area contributed by atoms with Gasteiger partial charge in [-0.1, -0.05) is 31.4 Å². The first-order valence-corrected chi connectivity index (χ1v) is 12.0. The summed E-state index contributed by atoms with van der Waals surface area (Å²) in [5.74, 6) is -0.299. The first-order chi connectivity index (χ1) is 15.1. The van der Waals surface area contributed by atoms with E-state index in [0.717, 1.165) is 37.0 Å². The van der Waals surface area contributed by atoms with Crippen LogP contribution in [0.1, 0.15) is 60.2 Å². The summed E-state index contributed by atoms with van der Waals surface area (Å²) in [6.45, 7) is 0.580. The van der Waals surface area contributed by atoms with Crippen molar-refractivity contribution in [3.63, 3.8) is 0 Å². The van der Waals surface area contributed by atoms with Crippen LogP contribution in [0.2, 0.25) is 0 Å². The summed E-state index contributed by atoms with van der Waals surface area (Å²) in [5, 5.41) is 7.98. The molecule has 2 aromatic rings. The number of hydrogen-bond donors (Lipinski definition) is 2. The number of anilines is 1. The molecule has 6 nitrogen and oxygen atoms in total. The summed E-state index contributed by atoms with van der Waals surface area (Å²) in [6, 6.07) is 10.7. The van der Waals surface area contributed by atoms with Gasteiger partial charge in [0, 0.05) is 28.7 Å². The minimum Gasteiger partial charge on any atom is -0.352 e. The van der Waals surface area contributed by atoms with Crippen molar-refractivity contribution in [1.82, 2.24) is 10.2 Å². The SMILES string of the molecule is O=C(Cc1cccs1)Nc1cccc(C(=O)N2CCCC2C(=O)NC2CCCCC2)c1. The molecule has 1 unspecified atom stereocenters. The van der Waals surface area contributed by atoms with Gasteiger partial charge in [0.25, 0.3) is 5.91 Å². The number of carbonyl (C=O) groups is 3. The van der Waals surface area contributed by atoms with Crippen molar-refractivity contribution in [3.8, 4) is 0 Å². The highest BCUT2D eigenvalue weighted by Gasteiger charge is 2.35. The van der Waals surface area contributed by atoms with Crippen molar-refractivity contribution in [2.24, 2.45) is 0 Å². The van der Waals surface area contributed by atoms with E-state index in [4.69, 9.17) is 0 Å². The zero-order chi connectivity index (χ0) is 21.6. The number of likely N-dealkylation sites (tertiary alicyclic amines) is 1. The Morgan fingerprint density at radius 2 is 1.84 bits per heavy atom. The lowest BCUT2D eigenvalue weighted by Crippen LogP contribution is -2.49. The fourth-order valence-electron chi connectivity index (χ4n) is 4.50. The third kappa shape index (κ3) is 5.53. The van der Waals surface area contributed by atoms with Gasteiger partial charge in [0.05, 0.1) is 6.42 Å². The highest BCUT2D eigenvalue weighted by molar-refractivity contribution is 7.10. The zero-order valence-corrected chi connectivity index (χ0v) is 18.5. The number of thiophene rings is 1. The van der Waals surface area contributed by atoms with Crippen LogP contribution in [-0.2, 0) is 16.0 Å². The predicted octanol–water partition coefficient (Wildman–Crippen LogP) is 3.98. The van der Waals surface area contributed by atoms with Crippen LogP contribution in [-0.4, -0.2) is 41.2 Å². The van der Waals surface area contributed by atoms with Gasteiger partial charge in [0.1, 0.15) is 6.04 Å². The van der Waals surface area contributed by atoms with Crippen LogP contribution in [0.15, 0.2) is 41.8 Å². The molecule has 1 saturated carbocycles. The second kappa shape index (κ2) is 10.1. The van der Waals surface area contributed by atoms with Gasteiger partial charge in [-0.15, -0.1) is 11.3 Å². The minimum atomic E-state index is -0.411. The van der Waals surface area contributed by atoms with Crippen molar-refractivity contribution in [2.75, 3.05) is 11.9 Å². The molecular weight excluding hydrogens is 410 g/mol. The maximum atomic E-state index is 13.2. The Morgan fingerprint density at radius 1 is 1.00 bits per heavy atom. The molecule has 3 amide bonds. The number of amides is 3. The maximum Gasteiger partial charge on any atom is 0.254 e. The van der Waals surface area contributed by atoms with E-state index in [0.29, 0.717) is 30.6 Å². The van der Waals surface area contributed by atoms with Crippen LogP contribution in [0, 0.1) is 0 Å². The highest BCUT2D eigenvalue weighted by Crippen LogP contribution is 2.24. The van der Waals surface area contributed by atoms with Gasteiger partial charge in [-0.3, -0.25) is 14.4 Å². The van der Waals surface area contributed by atoms with Crippen LogP contribution in [0.25, 0.3) is 0 Å². The van der Waals surface area contributed by atoms with Crippen LogP contribution < -0.4 is 10.6 Å². The Labute approximate surface area is 187 Å². The van der Waals surface area contributed by atoms with Crippen molar-refractivity contribution < 1.29 is 14.4 Å². The molecule has 1 aliphatic heterocycles. The Morgan fingerprint density at radius 3 is 2.61 bits per heavy atom. The Kier molecular flexibility index (Phi) is 7.02. The molecule has 2 heterocycles. The van der Waals surface area contributed by atoms with E-state index in [2.05, 4.69) is 10.6 Å². The summed E-state index contributed by atoms with van der Waals surface area (Å²) >= 11 is 1.54. The fourth-order valence-corrected chi connectivity index (χ4v) is 5.20. The van der Waals surface area contributed by atoms with Crippen LogP contribution >= 0.6 is 11.3 Å². The predicted molar refractivity (Wildman–Crippen MR) is 122 cm³/mol. The van der Waals surface area contributed by atoms with Crippen LogP contribution in [0.3, 0.4) is 0 Å². The number of rotatable bonds is 6. The average molecular weight is 440 g/mol. The third-order valence-corrected chi connectivity index (χ3v) is 6.95. The molecule has 0 radical (unpaired) electrons. The molecule has 1 atom stereocenters. The molecule has 2 N–H and O–H groups in total. The summed E-state index contributed by atoms with van der Waals surface area (Å²) in [6.07, 6.45) is 7.44. The molecule has 31 heavy (non-hydrogen) atoms. The normalized spacial score (nSPS) is 19.2. The lowest BCUT2D eigenvalue weighted by molar-refractivity contribution is -0.125. The van der Waals surface area contributed by atoms with Gasteiger partial charge in [-0.25, -0.2) is 0 Å². The highest BCUT2D eigenvalue weighted by atomic mass is 32.1. The third-order valence-electron chi connectivity index (χ3n) is 6.08. The van der Waals surface area contributed by atoms with E-state index >= 15 is 0 Å². The molecule has 0 spiro atoms. The van der Waals surface area contributed by atoms with Gasteiger partial charge < -0.3 is 15.5 Å². The smallest absolute Gasteiger partial charge is 0.254 e. The number of nitrogens with zero attached hydrogens (tertiary/aromatic N) is 1. The average Bonchev–Trinajstić information content (AvgIpc) is 3.46. The molecule has 4 rings (SSSR count). The largest absolute Gasteiger partial charge is 0.352 e. The van der Waals surface area contributed by atoms with E-state index in [1.165, 1.54) is 6.42 Å². The summed E-state index contributed by atoms with van der Waals surface area (Å²) in [5.41, 5.74) is 1.08. The first-order valence-electron chi connectivity index (χ1n) is 11.1. The molecule has 1 aliphatic carbocycles. The molecule has 1 aromatic heterocycles. The molecule has 164 valence electrons. The van der Waals surface area contributed by atoms with E-state index in [1.54, 1.807) is 40.5 Å². The van der Waals surface area contributed by atoms with Crippen molar-refractivity contribution in [3.05, 3.63) is 52.2 Å². The van der Waals surface area contributed by atoms with Gasteiger partial charge in [-0.05, 0) is 55.3 Å². The van der Waals surface area contributed by atoms with Crippen LogP contribution in [0.5, 0.6) is 0 Å². The molecular formula is C24H29N3O3S.